The van der Waals surface area contributed by atoms with Gasteiger partial charge in [0, 0.05) is 4.90 Å². The Hall–Kier alpha value is -0.470. The molecule has 0 heterocycles. The van der Waals surface area contributed by atoms with Gasteiger partial charge in [-0.3, -0.25) is 0 Å². The maximum absolute atomic E-state index is 8.63. The SMILES string of the molecule is OCc1cccc(S)c1. The third kappa shape index (κ3) is 1.73. The van der Waals surface area contributed by atoms with Gasteiger partial charge in [-0.1, -0.05) is 12.1 Å². The predicted molar refractivity (Wildman–Crippen MR) is 39.6 cm³/mol. The summed E-state index contributed by atoms with van der Waals surface area (Å²) in [6.07, 6.45) is 0. The number of rotatable bonds is 1. The van der Waals surface area contributed by atoms with E-state index in [1.54, 1.807) is 0 Å². The molecule has 1 N–H and O–H groups in total. The van der Waals surface area contributed by atoms with Crippen LogP contribution in [0.5, 0.6) is 0 Å². The quantitative estimate of drug-likeness (QED) is 0.566. The number of aliphatic hydroxyl groups is 1. The fourth-order valence-corrected chi connectivity index (χ4v) is 0.907. The Bertz CT molecular complexity index is 198. The second-order valence-electron chi connectivity index (χ2n) is 1.83. The van der Waals surface area contributed by atoms with E-state index in [4.69, 9.17) is 5.11 Å². The monoisotopic (exact) mass is 140 g/mol. The van der Waals surface area contributed by atoms with E-state index in [0.717, 1.165) is 10.5 Å². The zero-order chi connectivity index (χ0) is 6.69. The molecule has 0 bridgehead atoms. The second-order valence-corrected chi connectivity index (χ2v) is 2.34. The molecule has 2 heteroatoms. The number of hydrogen-bond acceptors (Lipinski definition) is 2. The maximum Gasteiger partial charge on any atom is 0.0682 e. The molecule has 1 aromatic rings. The molecule has 0 aliphatic carbocycles. The van der Waals surface area contributed by atoms with E-state index in [-0.39, 0.29) is 6.61 Å². The van der Waals surface area contributed by atoms with Crippen LogP contribution in [0, 0.1) is 0 Å². The van der Waals surface area contributed by atoms with E-state index in [1.165, 1.54) is 0 Å². The molecule has 1 rings (SSSR count). The third-order valence-electron chi connectivity index (χ3n) is 1.09. The maximum atomic E-state index is 8.63. The van der Waals surface area contributed by atoms with Gasteiger partial charge in [0.05, 0.1) is 6.61 Å². The Morgan fingerprint density at radius 2 is 2.22 bits per heavy atom. The van der Waals surface area contributed by atoms with E-state index >= 15 is 0 Å². The van der Waals surface area contributed by atoms with Crippen LogP contribution in [0.25, 0.3) is 0 Å². The summed E-state index contributed by atoms with van der Waals surface area (Å²) < 4.78 is 0. The second kappa shape index (κ2) is 2.90. The molecule has 0 saturated carbocycles. The van der Waals surface area contributed by atoms with Gasteiger partial charge in [-0.15, -0.1) is 12.6 Å². The van der Waals surface area contributed by atoms with Crippen molar-refractivity contribution in [2.24, 2.45) is 0 Å². The van der Waals surface area contributed by atoms with E-state index < -0.39 is 0 Å². The van der Waals surface area contributed by atoms with Gasteiger partial charge in [0.15, 0.2) is 0 Å². The highest BCUT2D eigenvalue weighted by Gasteiger charge is 1.87. The van der Waals surface area contributed by atoms with E-state index in [0.29, 0.717) is 0 Å². The Kier molecular flexibility index (Phi) is 2.14. The fraction of sp³-hybridized carbons (Fsp3) is 0.143. The summed E-state index contributed by atoms with van der Waals surface area (Å²) in [5.41, 5.74) is 0.905. The molecule has 1 aromatic carbocycles. The van der Waals surface area contributed by atoms with Crippen molar-refractivity contribution in [3.8, 4) is 0 Å². The smallest absolute Gasteiger partial charge is 0.0682 e. The van der Waals surface area contributed by atoms with Crippen molar-refractivity contribution in [1.82, 2.24) is 0 Å². The lowest BCUT2D eigenvalue weighted by Crippen LogP contribution is -1.80. The van der Waals surface area contributed by atoms with Crippen molar-refractivity contribution in [2.45, 2.75) is 11.5 Å². The summed E-state index contributed by atoms with van der Waals surface area (Å²) in [6.45, 7) is 0.0917. The summed E-state index contributed by atoms with van der Waals surface area (Å²) in [7, 11) is 0. The first kappa shape index (κ1) is 6.65. The zero-order valence-electron chi connectivity index (χ0n) is 4.91. The lowest BCUT2D eigenvalue weighted by Gasteiger charge is -1.94. The molecule has 9 heavy (non-hydrogen) atoms. The molecule has 48 valence electrons. The van der Waals surface area contributed by atoms with Gasteiger partial charge in [-0.2, -0.15) is 0 Å². The normalized spacial score (nSPS) is 9.56. The van der Waals surface area contributed by atoms with Crippen LogP contribution in [0.15, 0.2) is 29.2 Å². The van der Waals surface area contributed by atoms with Crippen LogP contribution in [0.3, 0.4) is 0 Å². The molecule has 0 aliphatic heterocycles. The van der Waals surface area contributed by atoms with Crippen molar-refractivity contribution < 1.29 is 5.11 Å². The molecule has 0 aromatic heterocycles. The molecule has 0 fully saturated rings. The average molecular weight is 140 g/mol. The Balaban J connectivity index is 2.94. The van der Waals surface area contributed by atoms with Gasteiger partial charge >= 0.3 is 0 Å². The van der Waals surface area contributed by atoms with Gasteiger partial charge in [0.2, 0.25) is 0 Å². The minimum atomic E-state index is 0.0917. The highest BCUT2D eigenvalue weighted by atomic mass is 32.1. The summed E-state index contributed by atoms with van der Waals surface area (Å²) in [4.78, 5) is 0.890. The summed E-state index contributed by atoms with van der Waals surface area (Å²) in [5.74, 6) is 0. The van der Waals surface area contributed by atoms with Crippen LogP contribution in [-0.2, 0) is 6.61 Å². The lowest BCUT2D eigenvalue weighted by molar-refractivity contribution is 0.281. The molecule has 0 radical (unpaired) electrons. The molecule has 0 unspecified atom stereocenters. The number of benzene rings is 1. The summed E-state index contributed by atoms with van der Waals surface area (Å²) in [5, 5.41) is 8.63. The van der Waals surface area contributed by atoms with Gasteiger partial charge < -0.3 is 5.11 Å². The molecule has 0 aliphatic rings. The van der Waals surface area contributed by atoms with Crippen molar-refractivity contribution in [2.75, 3.05) is 0 Å². The van der Waals surface area contributed by atoms with Crippen LogP contribution in [-0.4, -0.2) is 5.11 Å². The van der Waals surface area contributed by atoms with Gasteiger partial charge in [-0.25, -0.2) is 0 Å². The Labute approximate surface area is 59.7 Å². The number of thiol groups is 1. The minimum Gasteiger partial charge on any atom is -0.392 e. The molecule has 0 spiro atoms. The van der Waals surface area contributed by atoms with Crippen molar-refractivity contribution in [1.29, 1.82) is 0 Å². The Morgan fingerprint density at radius 1 is 1.44 bits per heavy atom. The highest BCUT2D eigenvalue weighted by Crippen LogP contribution is 2.07. The third-order valence-corrected chi connectivity index (χ3v) is 1.37. The van der Waals surface area contributed by atoms with Crippen LogP contribution < -0.4 is 0 Å². The number of hydrogen-bond donors (Lipinski definition) is 2. The first-order chi connectivity index (χ1) is 4.33. The lowest BCUT2D eigenvalue weighted by atomic mass is 10.2. The molecule has 1 nitrogen and oxygen atoms in total. The van der Waals surface area contributed by atoms with Gasteiger partial charge in [-0.05, 0) is 17.7 Å². The van der Waals surface area contributed by atoms with Gasteiger partial charge in [0.1, 0.15) is 0 Å². The van der Waals surface area contributed by atoms with Crippen LogP contribution in [0.2, 0.25) is 0 Å². The number of aliphatic hydroxyl groups excluding tert-OH is 1. The fourth-order valence-electron chi connectivity index (χ4n) is 0.655. The van der Waals surface area contributed by atoms with Gasteiger partial charge in [0.25, 0.3) is 0 Å². The molecule has 0 saturated heterocycles. The van der Waals surface area contributed by atoms with Crippen molar-refractivity contribution >= 4 is 12.6 Å². The van der Waals surface area contributed by atoms with Crippen LogP contribution in [0.4, 0.5) is 0 Å². The van der Waals surface area contributed by atoms with Crippen LogP contribution in [0.1, 0.15) is 5.56 Å². The first-order valence-electron chi connectivity index (χ1n) is 2.71. The standard InChI is InChI=1S/C7H8OS/c8-5-6-2-1-3-7(9)4-6/h1-4,8-9H,5H2. The first-order valence-corrected chi connectivity index (χ1v) is 3.16. The topological polar surface area (TPSA) is 20.2 Å². The summed E-state index contributed by atoms with van der Waals surface area (Å²) >= 11 is 4.10. The van der Waals surface area contributed by atoms with Crippen molar-refractivity contribution in [3.63, 3.8) is 0 Å². The van der Waals surface area contributed by atoms with Crippen LogP contribution >= 0.6 is 12.6 Å². The van der Waals surface area contributed by atoms with E-state index in [2.05, 4.69) is 12.6 Å². The molecule has 0 atom stereocenters. The van der Waals surface area contributed by atoms with E-state index in [1.807, 2.05) is 24.3 Å². The largest absolute Gasteiger partial charge is 0.392 e. The van der Waals surface area contributed by atoms with E-state index in [9.17, 15) is 0 Å². The zero-order valence-corrected chi connectivity index (χ0v) is 5.81. The molecule has 0 amide bonds. The molecular formula is C7H8OS. The van der Waals surface area contributed by atoms with Crippen molar-refractivity contribution in [3.05, 3.63) is 29.8 Å². The molecular weight excluding hydrogens is 132 g/mol. The predicted octanol–water partition coefficient (Wildman–Crippen LogP) is 1.47. The Morgan fingerprint density at radius 3 is 2.67 bits per heavy atom. The minimum absolute atomic E-state index is 0.0917. The highest BCUT2D eigenvalue weighted by molar-refractivity contribution is 7.80. The average Bonchev–Trinajstić information content (AvgIpc) is 1.88. The summed E-state index contributed by atoms with van der Waals surface area (Å²) in [6, 6.07) is 7.44.